The van der Waals surface area contributed by atoms with Crippen molar-refractivity contribution in [3.63, 3.8) is 0 Å². The summed E-state index contributed by atoms with van der Waals surface area (Å²) in [5.74, 6) is 0.957. The standard InChI is InChI=1S/C22H25N3O3/c1-14(2)25(21(26)13-28-17-10-9-15(3)16(4)11-17)12-20-23-19-8-6-5-7-18(19)22(27)24-20/h5-11,14H,12-13H2,1-4H3,(H,23,24,27). The minimum atomic E-state index is -0.205. The molecule has 0 atom stereocenters. The van der Waals surface area contributed by atoms with E-state index in [0.29, 0.717) is 22.5 Å². The minimum Gasteiger partial charge on any atom is -0.484 e. The maximum absolute atomic E-state index is 12.7. The average Bonchev–Trinajstić information content (AvgIpc) is 2.66. The third-order valence-electron chi connectivity index (χ3n) is 4.77. The number of nitrogens with zero attached hydrogens (tertiary/aromatic N) is 2. The zero-order chi connectivity index (χ0) is 20.3. The van der Waals surface area contributed by atoms with Crippen LogP contribution >= 0.6 is 0 Å². The molecule has 3 rings (SSSR count). The minimum absolute atomic E-state index is 0.0624. The van der Waals surface area contributed by atoms with Crippen LogP contribution in [0.15, 0.2) is 47.3 Å². The molecule has 2 aromatic carbocycles. The van der Waals surface area contributed by atoms with Crippen LogP contribution in [0.25, 0.3) is 10.9 Å². The SMILES string of the molecule is Cc1ccc(OCC(=O)N(Cc2nc3ccccc3c(=O)[nH]2)C(C)C)cc1C. The molecule has 1 heterocycles. The zero-order valence-electron chi connectivity index (χ0n) is 16.7. The highest BCUT2D eigenvalue weighted by atomic mass is 16.5. The number of H-pyrrole nitrogens is 1. The van der Waals surface area contributed by atoms with Gasteiger partial charge in [0.05, 0.1) is 17.4 Å². The van der Waals surface area contributed by atoms with Crippen molar-refractivity contribution in [2.75, 3.05) is 6.61 Å². The molecule has 3 aromatic rings. The summed E-state index contributed by atoms with van der Waals surface area (Å²) in [6, 6.07) is 12.8. The third kappa shape index (κ3) is 4.39. The van der Waals surface area contributed by atoms with E-state index in [0.717, 1.165) is 5.56 Å². The van der Waals surface area contributed by atoms with Crippen LogP contribution < -0.4 is 10.3 Å². The van der Waals surface area contributed by atoms with Crippen molar-refractivity contribution in [3.05, 3.63) is 69.8 Å². The molecular weight excluding hydrogens is 354 g/mol. The van der Waals surface area contributed by atoms with Gasteiger partial charge in [-0.05, 0) is 63.1 Å². The first-order valence-corrected chi connectivity index (χ1v) is 9.32. The van der Waals surface area contributed by atoms with Crippen LogP contribution in [0, 0.1) is 13.8 Å². The average molecular weight is 379 g/mol. The maximum Gasteiger partial charge on any atom is 0.261 e. The van der Waals surface area contributed by atoms with Gasteiger partial charge in [0, 0.05) is 6.04 Å². The third-order valence-corrected chi connectivity index (χ3v) is 4.77. The van der Waals surface area contributed by atoms with Gasteiger partial charge in [0.25, 0.3) is 11.5 Å². The number of aryl methyl sites for hydroxylation is 2. The molecule has 1 N–H and O–H groups in total. The van der Waals surface area contributed by atoms with Crippen LogP contribution in [0.1, 0.15) is 30.8 Å². The summed E-state index contributed by atoms with van der Waals surface area (Å²) in [6.07, 6.45) is 0. The van der Waals surface area contributed by atoms with Gasteiger partial charge in [-0.1, -0.05) is 18.2 Å². The van der Waals surface area contributed by atoms with Crippen LogP contribution in [0.5, 0.6) is 5.75 Å². The molecular formula is C22H25N3O3. The number of fused-ring (bicyclic) bond motifs is 1. The number of para-hydroxylation sites is 1. The van der Waals surface area contributed by atoms with E-state index in [-0.39, 0.29) is 30.7 Å². The van der Waals surface area contributed by atoms with E-state index in [1.165, 1.54) is 5.56 Å². The Morgan fingerprint density at radius 3 is 2.61 bits per heavy atom. The van der Waals surface area contributed by atoms with Crippen LogP contribution in [0.3, 0.4) is 0 Å². The molecule has 28 heavy (non-hydrogen) atoms. The molecule has 6 nitrogen and oxygen atoms in total. The van der Waals surface area contributed by atoms with Gasteiger partial charge < -0.3 is 14.6 Å². The molecule has 0 aliphatic rings. The number of benzene rings is 2. The van der Waals surface area contributed by atoms with Crippen molar-refractivity contribution < 1.29 is 9.53 Å². The number of rotatable bonds is 6. The molecule has 0 unspecified atom stereocenters. The van der Waals surface area contributed by atoms with Crippen molar-refractivity contribution >= 4 is 16.8 Å². The Hall–Kier alpha value is -3.15. The van der Waals surface area contributed by atoms with Crippen molar-refractivity contribution in [1.29, 1.82) is 0 Å². The topological polar surface area (TPSA) is 75.3 Å². The van der Waals surface area contributed by atoms with Gasteiger partial charge in [0.2, 0.25) is 0 Å². The first-order chi connectivity index (χ1) is 13.3. The van der Waals surface area contributed by atoms with Crippen LogP contribution in [-0.4, -0.2) is 33.4 Å². The first-order valence-electron chi connectivity index (χ1n) is 9.32. The quantitative estimate of drug-likeness (QED) is 0.713. The first kappa shape index (κ1) is 19.6. The predicted molar refractivity (Wildman–Crippen MR) is 109 cm³/mol. The zero-order valence-corrected chi connectivity index (χ0v) is 16.7. The molecule has 146 valence electrons. The largest absolute Gasteiger partial charge is 0.484 e. The van der Waals surface area contributed by atoms with Gasteiger partial charge in [0.1, 0.15) is 11.6 Å². The summed E-state index contributed by atoms with van der Waals surface area (Å²) < 4.78 is 5.68. The van der Waals surface area contributed by atoms with E-state index in [4.69, 9.17) is 4.74 Å². The molecule has 0 aliphatic heterocycles. The second kappa shape index (κ2) is 8.25. The Kier molecular flexibility index (Phi) is 5.78. The van der Waals surface area contributed by atoms with Crippen LogP contribution in [0.4, 0.5) is 0 Å². The number of carbonyl (C=O) groups excluding carboxylic acids is 1. The van der Waals surface area contributed by atoms with Crippen LogP contribution in [-0.2, 0) is 11.3 Å². The summed E-state index contributed by atoms with van der Waals surface area (Å²) >= 11 is 0. The number of amides is 1. The highest BCUT2D eigenvalue weighted by molar-refractivity contribution is 5.79. The fraction of sp³-hybridized carbons (Fsp3) is 0.318. The van der Waals surface area contributed by atoms with Gasteiger partial charge in [-0.2, -0.15) is 0 Å². The second-order valence-corrected chi connectivity index (χ2v) is 7.18. The van der Waals surface area contributed by atoms with Crippen molar-refractivity contribution in [2.45, 2.75) is 40.3 Å². The lowest BCUT2D eigenvalue weighted by Crippen LogP contribution is -2.40. The molecule has 0 radical (unpaired) electrons. The van der Waals surface area contributed by atoms with E-state index in [1.54, 1.807) is 23.1 Å². The Morgan fingerprint density at radius 1 is 1.14 bits per heavy atom. The van der Waals surface area contributed by atoms with Gasteiger partial charge in [-0.3, -0.25) is 9.59 Å². The van der Waals surface area contributed by atoms with Gasteiger partial charge in [-0.25, -0.2) is 4.98 Å². The van der Waals surface area contributed by atoms with E-state index < -0.39 is 0 Å². The lowest BCUT2D eigenvalue weighted by molar-refractivity contribution is -0.135. The highest BCUT2D eigenvalue weighted by Crippen LogP contribution is 2.17. The summed E-state index contributed by atoms with van der Waals surface area (Å²) in [4.78, 5) is 33.9. The van der Waals surface area contributed by atoms with Crippen molar-refractivity contribution in [1.82, 2.24) is 14.9 Å². The molecule has 0 aliphatic carbocycles. The van der Waals surface area contributed by atoms with Crippen molar-refractivity contribution in [2.24, 2.45) is 0 Å². The second-order valence-electron chi connectivity index (χ2n) is 7.18. The molecule has 0 saturated heterocycles. The predicted octanol–water partition coefficient (Wildman–Crippen LogP) is 3.36. The number of hydrogen-bond donors (Lipinski definition) is 1. The Bertz CT molecular complexity index is 1060. The summed E-state index contributed by atoms with van der Waals surface area (Å²) in [5.41, 5.74) is 2.70. The molecule has 6 heteroatoms. The monoisotopic (exact) mass is 379 g/mol. The number of aromatic nitrogens is 2. The van der Waals surface area contributed by atoms with Crippen molar-refractivity contribution in [3.8, 4) is 5.75 Å². The Morgan fingerprint density at radius 2 is 1.89 bits per heavy atom. The highest BCUT2D eigenvalue weighted by Gasteiger charge is 2.19. The lowest BCUT2D eigenvalue weighted by Gasteiger charge is -2.26. The van der Waals surface area contributed by atoms with Gasteiger partial charge in [0.15, 0.2) is 6.61 Å². The fourth-order valence-electron chi connectivity index (χ4n) is 2.96. The number of ether oxygens (including phenoxy) is 1. The fourth-order valence-corrected chi connectivity index (χ4v) is 2.96. The molecule has 0 fully saturated rings. The van der Waals surface area contributed by atoms with Gasteiger partial charge in [-0.15, -0.1) is 0 Å². The Labute approximate surface area is 164 Å². The molecule has 1 aromatic heterocycles. The summed E-state index contributed by atoms with van der Waals surface area (Å²) in [5, 5.41) is 0.534. The van der Waals surface area contributed by atoms with Gasteiger partial charge >= 0.3 is 0 Å². The summed E-state index contributed by atoms with van der Waals surface area (Å²) in [7, 11) is 0. The van der Waals surface area contributed by atoms with E-state index in [2.05, 4.69) is 9.97 Å². The molecule has 0 bridgehead atoms. The number of carbonyl (C=O) groups is 1. The smallest absolute Gasteiger partial charge is 0.261 e. The number of hydrogen-bond acceptors (Lipinski definition) is 4. The van der Waals surface area contributed by atoms with E-state index in [9.17, 15) is 9.59 Å². The molecule has 1 amide bonds. The lowest BCUT2D eigenvalue weighted by atomic mass is 10.1. The number of aromatic amines is 1. The van der Waals surface area contributed by atoms with E-state index >= 15 is 0 Å². The molecule has 0 saturated carbocycles. The summed E-state index contributed by atoms with van der Waals surface area (Å²) in [6.45, 7) is 8.03. The number of nitrogens with one attached hydrogen (secondary N) is 1. The molecule has 0 spiro atoms. The maximum atomic E-state index is 12.7. The van der Waals surface area contributed by atoms with Crippen LogP contribution in [0.2, 0.25) is 0 Å². The normalized spacial score (nSPS) is 11.0. The Balaban J connectivity index is 1.75. The van der Waals surface area contributed by atoms with E-state index in [1.807, 2.05) is 52.0 Å².